The maximum absolute atomic E-state index is 5.97. The van der Waals surface area contributed by atoms with Gasteiger partial charge >= 0.3 is 0 Å². The van der Waals surface area contributed by atoms with E-state index in [0.717, 1.165) is 30.2 Å². The van der Waals surface area contributed by atoms with Gasteiger partial charge in [-0.3, -0.25) is 0 Å². The molecule has 0 spiro atoms. The summed E-state index contributed by atoms with van der Waals surface area (Å²) in [5.74, 6) is 2.35. The van der Waals surface area contributed by atoms with Crippen LogP contribution < -0.4 is 14.8 Å². The zero-order valence-corrected chi connectivity index (χ0v) is 13.7. The third-order valence-corrected chi connectivity index (χ3v) is 3.94. The van der Waals surface area contributed by atoms with Crippen LogP contribution >= 0.6 is 11.3 Å². The van der Waals surface area contributed by atoms with Crippen molar-refractivity contribution in [2.45, 2.75) is 27.0 Å². The molecular formula is C17H23NO2S. The molecule has 0 aliphatic carbocycles. The van der Waals surface area contributed by atoms with Gasteiger partial charge in [-0.15, -0.1) is 11.3 Å². The van der Waals surface area contributed by atoms with Crippen molar-refractivity contribution >= 4 is 11.3 Å². The number of rotatable bonds is 8. The van der Waals surface area contributed by atoms with E-state index >= 15 is 0 Å². The Morgan fingerprint density at radius 1 is 1.24 bits per heavy atom. The second-order valence-corrected chi connectivity index (χ2v) is 6.40. The lowest BCUT2D eigenvalue weighted by molar-refractivity contribution is 0.302. The van der Waals surface area contributed by atoms with Crippen LogP contribution in [0.2, 0.25) is 0 Å². The fourth-order valence-corrected chi connectivity index (χ4v) is 2.60. The predicted molar refractivity (Wildman–Crippen MR) is 88.2 cm³/mol. The first-order valence-corrected chi connectivity index (χ1v) is 8.10. The van der Waals surface area contributed by atoms with Crippen LogP contribution in [0.5, 0.6) is 11.5 Å². The van der Waals surface area contributed by atoms with Crippen molar-refractivity contribution in [3.8, 4) is 11.5 Å². The lowest BCUT2D eigenvalue weighted by Gasteiger charge is -2.14. The maximum atomic E-state index is 5.97. The molecule has 0 saturated heterocycles. The minimum atomic E-state index is 0.599. The first-order valence-electron chi connectivity index (χ1n) is 7.22. The van der Waals surface area contributed by atoms with E-state index in [1.54, 1.807) is 18.4 Å². The highest BCUT2D eigenvalue weighted by Gasteiger charge is 2.07. The van der Waals surface area contributed by atoms with E-state index in [-0.39, 0.29) is 0 Å². The van der Waals surface area contributed by atoms with Gasteiger partial charge in [-0.1, -0.05) is 26.0 Å². The number of methoxy groups -OCH3 is 1. The Hall–Kier alpha value is -1.52. The molecule has 1 heterocycles. The Labute approximate surface area is 130 Å². The maximum Gasteiger partial charge on any atom is 0.128 e. The minimum Gasteiger partial charge on any atom is -0.497 e. The largest absolute Gasteiger partial charge is 0.497 e. The van der Waals surface area contributed by atoms with Gasteiger partial charge in [-0.2, -0.15) is 0 Å². The summed E-state index contributed by atoms with van der Waals surface area (Å²) in [6.45, 7) is 6.81. The first kappa shape index (κ1) is 15.9. The molecule has 2 rings (SSSR count). The number of hydrogen-bond donors (Lipinski definition) is 1. The average Bonchev–Trinajstić information content (AvgIpc) is 2.99. The van der Waals surface area contributed by atoms with Crippen LogP contribution in [0.1, 0.15) is 24.3 Å². The molecule has 21 heavy (non-hydrogen) atoms. The molecule has 0 bridgehead atoms. The second kappa shape index (κ2) is 8.05. The lowest BCUT2D eigenvalue weighted by atomic mass is 10.1. The number of hydrogen-bond acceptors (Lipinski definition) is 4. The Morgan fingerprint density at radius 3 is 2.76 bits per heavy atom. The summed E-state index contributed by atoms with van der Waals surface area (Å²) in [6, 6.07) is 10.1. The highest BCUT2D eigenvalue weighted by atomic mass is 32.1. The van der Waals surface area contributed by atoms with Crippen LogP contribution in [0.25, 0.3) is 0 Å². The molecular weight excluding hydrogens is 282 g/mol. The summed E-state index contributed by atoms with van der Waals surface area (Å²) < 4.78 is 11.3. The highest BCUT2D eigenvalue weighted by Crippen LogP contribution is 2.26. The molecule has 2 aromatic rings. The highest BCUT2D eigenvalue weighted by molar-refractivity contribution is 7.09. The molecule has 0 fully saturated rings. The molecule has 1 aromatic heterocycles. The van der Waals surface area contributed by atoms with Gasteiger partial charge in [0.05, 0.1) is 7.11 Å². The van der Waals surface area contributed by atoms with Gasteiger partial charge in [0.25, 0.3) is 0 Å². The molecule has 0 aliphatic rings. The summed E-state index contributed by atoms with van der Waals surface area (Å²) in [5, 5.41) is 5.52. The summed E-state index contributed by atoms with van der Waals surface area (Å²) in [6.07, 6.45) is 0. The minimum absolute atomic E-state index is 0.599. The molecule has 4 heteroatoms. The average molecular weight is 305 g/mol. The van der Waals surface area contributed by atoms with Crippen molar-refractivity contribution in [3.63, 3.8) is 0 Å². The third kappa shape index (κ3) is 5.06. The normalized spacial score (nSPS) is 10.9. The van der Waals surface area contributed by atoms with Crippen LogP contribution in [0.3, 0.4) is 0 Å². The zero-order valence-electron chi connectivity index (χ0n) is 12.9. The fraction of sp³-hybridized carbons (Fsp3) is 0.412. The molecule has 0 aliphatic heterocycles. The SMILES string of the molecule is COc1ccc(CNCC(C)C)c(OCc2cccs2)c1. The molecule has 1 N–H and O–H groups in total. The first-order chi connectivity index (χ1) is 10.2. The Balaban J connectivity index is 2.03. The Morgan fingerprint density at radius 2 is 2.10 bits per heavy atom. The molecule has 3 nitrogen and oxygen atoms in total. The van der Waals surface area contributed by atoms with Gasteiger partial charge in [-0.25, -0.2) is 0 Å². The Bertz CT molecular complexity index is 538. The van der Waals surface area contributed by atoms with Crippen LogP contribution in [-0.2, 0) is 13.2 Å². The van der Waals surface area contributed by atoms with E-state index in [1.165, 1.54) is 4.88 Å². The van der Waals surface area contributed by atoms with E-state index in [9.17, 15) is 0 Å². The van der Waals surface area contributed by atoms with E-state index in [2.05, 4.69) is 36.7 Å². The van der Waals surface area contributed by atoms with E-state index in [4.69, 9.17) is 9.47 Å². The van der Waals surface area contributed by atoms with Gasteiger partial charge < -0.3 is 14.8 Å². The van der Waals surface area contributed by atoms with Crippen molar-refractivity contribution in [1.82, 2.24) is 5.32 Å². The predicted octanol–water partition coefficient (Wildman–Crippen LogP) is 4.08. The standard InChI is InChI=1S/C17H23NO2S/c1-13(2)10-18-11-14-6-7-15(19-3)9-17(14)20-12-16-5-4-8-21-16/h4-9,13,18H,10-12H2,1-3H3. The summed E-state index contributed by atoms with van der Waals surface area (Å²) in [5.41, 5.74) is 1.16. The molecule has 0 unspecified atom stereocenters. The van der Waals surface area contributed by atoms with Crippen molar-refractivity contribution in [2.75, 3.05) is 13.7 Å². The molecule has 114 valence electrons. The van der Waals surface area contributed by atoms with Crippen molar-refractivity contribution < 1.29 is 9.47 Å². The van der Waals surface area contributed by atoms with Crippen molar-refractivity contribution in [1.29, 1.82) is 0 Å². The van der Waals surface area contributed by atoms with E-state index in [0.29, 0.717) is 12.5 Å². The summed E-state index contributed by atoms with van der Waals surface area (Å²) >= 11 is 1.71. The Kier molecular flexibility index (Phi) is 6.08. The molecule has 0 saturated carbocycles. The third-order valence-electron chi connectivity index (χ3n) is 3.09. The number of nitrogens with one attached hydrogen (secondary N) is 1. The van der Waals surface area contributed by atoms with Crippen LogP contribution in [0, 0.1) is 5.92 Å². The summed E-state index contributed by atoms with van der Waals surface area (Å²) in [7, 11) is 1.68. The van der Waals surface area contributed by atoms with Crippen LogP contribution in [-0.4, -0.2) is 13.7 Å². The van der Waals surface area contributed by atoms with Gasteiger partial charge in [0, 0.05) is 23.1 Å². The summed E-state index contributed by atoms with van der Waals surface area (Å²) in [4.78, 5) is 1.22. The smallest absolute Gasteiger partial charge is 0.128 e. The number of thiophene rings is 1. The zero-order chi connectivity index (χ0) is 15.1. The lowest BCUT2D eigenvalue weighted by Crippen LogP contribution is -2.19. The number of benzene rings is 1. The topological polar surface area (TPSA) is 30.5 Å². The molecule has 0 atom stereocenters. The molecule has 0 radical (unpaired) electrons. The van der Waals surface area contributed by atoms with Crippen molar-refractivity contribution in [3.05, 3.63) is 46.2 Å². The molecule has 1 aromatic carbocycles. The fourth-order valence-electron chi connectivity index (χ4n) is 1.98. The van der Waals surface area contributed by atoms with Gasteiger partial charge in [-0.05, 0) is 30.0 Å². The number of ether oxygens (including phenoxy) is 2. The second-order valence-electron chi connectivity index (χ2n) is 5.37. The molecule has 0 amide bonds. The van der Waals surface area contributed by atoms with E-state index < -0.39 is 0 Å². The van der Waals surface area contributed by atoms with Gasteiger partial charge in [0.1, 0.15) is 18.1 Å². The van der Waals surface area contributed by atoms with Gasteiger partial charge in [0.15, 0.2) is 0 Å². The van der Waals surface area contributed by atoms with Crippen LogP contribution in [0.4, 0.5) is 0 Å². The quantitative estimate of drug-likeness (QED) is 0.797. The van der Waals surface area contributed by atoms with E-state index in [1.807, 2.05) is 18.2 Å². The van der Waals surface area contributed by atoms with Crippen LogP contribution in [0.15, 0.2) is 35.7 Å². The van der Waals surface area contributed by atoms with Crippen molar-refractivity contribution in [2.24, 2.45) is 5.92 Å². The monoisotopic (exact) mass is 305 g/mol. The van der Waals surface area contributed by atoms with Gasteiger partial charge in [0.2, 0.25) is 0 Å².